The van der Waals surface area contributed by atoms with Crippen molar-refractivity contribution in [2.24, 2.45) is 10.7 Å². The fraction of sp³-hybridized carbons (Fsp3) is 0.292. The summed E-state index contributed by atoms with van der Waals surface area (Å²) in [5.74, 6) is 0. The summed E-state index contributed by atoms with van der Waals surface area (Å²) in [7, 11) is 2.06. The minimum Gasteiger partial charge on any atom is -0.399 e. The lowest BCUT2D eigenvalue weighted by Crippen LogP contribution is -2.21. The summed E-state index contributed by atoms with van der Waals surface area (Å²) in [5, 5.41) is 0. The van der Waals surface area contributed by atoms with Crippen molar-refractivity contribution in [3.05, 3.63) is 77.3 Å². The number of anilines is 1. The van der Waals surface area contributed by atoms with Gasteiger partial charge in [-0.3, -0.25) is 0 Å². The van der Waals surface area contributed by atoms with Crippen molar-refractivity contribution >= 4 is 31.0 Å². The van der Waals surface area contributed by atoms with Gasteiger partial charge in [-0.2, -0.15) is 0 Å². The molecule has 2 heterocycles. The molecule has 0 atom stereocenters. The van der Waals surface area contributed by atoms with E-state index in [-0.39, 0.29) is 0 Å². The van der Waals surface area contributed by atoms with Crippen LogP contribution < -0.4 is 10.6 Å². The van der Waals surface area contributed by atoms with E-state index >= 15 is 0 Å². The number of aromatic nitrogens is 1. The van der Waals surface area contributed by atoms with Gasteiger partial charge in [-0.25, -0.2) is 4.99 Å². The van der Waals surface area contributed by atoms with Gasteiger partial charge in [0.1, 0.15) is 0 Å². The zero-order chi connectivity index (χ0) is 20.8. The van der Waals surface area contributed by atoms with E-state index in [4.69, 9.17) is 10.7 Å². The summed E-state index contributed by atoms with van der Waals surface area (Å²) >= 11 is 0. The van der Waals surface area contributed by atoms with E-state index in [9.17, 15) is 0 Å². The molecule has 0 aliphatic carbocycles. The lowest BCUT2D eigenvalue weighted by molar-refractivity contribution is 0.866. The molecule has 1 aromatic heterocycles. The first-order valence-corrected chi connectivity index (χ1v) is 10.4. The molecule has 0 bridgehead atoms. The summed E-state index contributed by atoms with van der Waals surface area (Å²) < 4.78 is 2.13. The van der Waals surface area contributed by atoms with Crippen molar-refractivity contribution in [1.29, 1.82) is 0 Å². The largest absolute Gasteiger partial charge is 0.399 e. The van der Waals surface area contributed by atoms with Crippen LogP contribution in [0.2, 0.25) is 0 Å². The molecule has 0 amide bonds. The standard InChI is InChI=1S/C24H31BN4/c1-4-28(5-2)21-12-9-19(10-13-21)8-11-20-17-18(3)24(27-20)22(14-15-26)23-7-6-16-29(23)25/h6-13,16-17H,4-5,14-15,25-26H2,1-3H3/b11-8+,24-22-. The molecule has 0 saturated heterocycles. The summed E-state index contributed by atoms with van der Waals surface area (Å²) in [5.41, 5.74) is 13.9. The maximum absolute atomic E-state index is 5.89. The molecular formula is C24H31BN4. The first kappa shape index (κ1) is 20.9. The molecule has 0 radical (unpaired) electrons. The number of allylic oxidation sites excluding steroid dienone is 3. The normalized spacial score (nSPS) is 15.6. The lowest BCUT2D eigenvalue weighted by atomic mass is 10.0. The Balaban J connectivity index is 1.84. The highest BCUT2D eigenvalue weighted by Crippen LogP contribution is 2.31. The number of nitrogens with two attached hydrogens (primary N) is 1. The first-order valence-electron chi connectivity index (χ1n) is 10.4. The van der Waals surface area contributed by atoms with Crippen molar-refractivity contribution in [3.8, 4) is 0 Å². The Hall–Kier alpha value is -2.79. The molecule has 0 unspecified atom stereocenters. The Labute approximate surface area is 175 Å². The Kier molecular flexibility index (Phi) is 6.94. The summed E-state index contributed by atoms with van der Waals surface area (Å²) in [6.07, 6.45) is 9.24. The molecule has 2 N–H and O–H groups in total. The number of nitrogens with zero attached hydrogens (tertiary/aromatic N) is 3. The van der Waals surface area contributed by atoms with Crippen molar-refractivity contribution in [3.63, 3.8) is 0 Å². The van der Waals surface area contributed by atoms with E-state index in [0.29, 0.717) is 6.54 Å². The van der Waals surface area contributed by atoms with E-state index in [1.165, 1.54) is 28.1 Å². The maximum atomic E-state index is 5.89. The molecule has 0 saturated carbocycles. The Morgan fingerprint density at radius 2 is 1.86 bits per heavy atom. The summed E-state index contributed by atoms with van der Waals surface area (Å²) in [6.45, 7) is 9.14. The Morgan fingerprint density at radius 1 is 1.14 bits per heavy atom. The fourth-order valence-corrected chi connectivity index (χ4v) is 3.78. The van der Waals surface area contributed by atoms with Crippen molar-refractivity contribution < 1.29 is 0 Å². The molecule has 0 fully saturated rings. The number of aliphatic imine (C=N–C) groups is 1. The van der Waals surface area contributed by atoms with Gasteiger partial charge in [-0.05, 0) is 87.5 Å². The van der Waals surface area contributed by atoms with E-state index < -0.39 is 0 Å². The third-order valence-electron chi connectivity index (χ3n) is 5.38. The van der Waals surface area contributed by atoms with Gasteiger partial charge in [0.05, 0.1) is 11.4 Å². The van der Waals surface area contributed by atoms with Crippen LogP contribution >= 0.6 is 0 Å². The Bertz CT molecular complexity index is 957. The first-order chi connectivity index (χ1) is 14.1. The SMILES string of the molecule is Bn1cccc1/C(CCN)=C1N=C(/C=C/c2ccc(N(CC)CC)cc2)C=C\1C. The van der Waals surface area contributed by atoms with Gasteiger partial charge in [0, 0.05) is 30.0 Å². The molecule has 1 aliphatic heterocycles. The van der Waals surface area contributed by atoms with E-state index in [2.05, 4.69) is 99.0 Å². The highest BCUT2D eigenvalue weighted by Gasteiger charge is 2.16. The fourth-order valence-electron chi connectivity index (χ4n) is 3.78. The van der Waals surface area contributed by atoms with Crippen LogP contribution in [0.25, 0.3) is 11.6 Å². The Morgan fingerprint density at radius 3 is 2.45 bits per heavy atom. The molecule has 2 aromatic rings. The highest BCUT2D eigenvalue weighted by molar-refractivity contribution is 6.11. The molecule has 5 heteroatoms. The second-order valence-corrected chi connectivity index (χ2v) is 7.33. The molecule has 1 aliphatic rings. The highest BCUT2D eigenvalue weighted by atomic mass is 15.1. The molecule has 0 spiro atoms. The molecule has 29 heavy (non-hydrogen) atoms. The zero-order valence-electron chi connectivity index (χ0n) is 18.0. The topological polar surface area (TPSA) is 46.6 Å². The number of rotatable bonds is 8. The van der Waals surface area contributed by atoms with Crippen LogP contribution in [0.5, 0.6) is 0 Å². The number of hydrogen-bond donors (Lipinski definition) is 1. The van der Waals surface area contributed by atoms with Gasteiger partial charge < -0.3 is 15.1 Å². The van der Waals surface area contributed by atoms with Crippen molar-refractivity contribution in [2.75, 3.05) is 24.5 Å². The van der Waals surface area contributed by atoms with Crippen LogP contribution in [0.15, 0.2) is 71.0 Å². The molecule has 3 rings (SSSR count). The van der Waals surface area contributed by atoms with Crippen LogP contribution in [-0.2, 0) is 0 Å². The summed E-state index contributed by atoms with van der Waals surface area (Å²) in [6, 6.07) is 12.9. The van der Waals surface area contributed by atoms with Gasteiger partial charge in [0.15, 0.2) is 0 Å². The van der Waals surface area contributed by atoms with E-state index in [1.807, 2.05) is 0 Å². The van der Waals surface area contributed by atoms with Gasteiger partial charge in [0.25, 0.3) is 0 Å². The van der Waals surface area contributed by atoms with Crippen LogP contribution in [0, 0.1) is 0 Å². The van der Waals surface area contributed by atoms with Crippen LogP contribution in [0.4, 0.5) is 5.69 Å². The van der Waals surface area contributed by atoms with E-state index in [0.717, 1.165) is 30.9 Å². The van der Waals surface area contributed by atoms with Gasteiger partial charge in [-0.1, -0.05) is 18.2 Å². The van der Waals surface area contributed by atoms with Gasteiger partial charge in [-0.15, -0.1) is 0 Å². The molecule has 150 valence electrons. The predicted octanol–water partition coefficient (Wildman–Crippen LogP) is 3.90. The third kappa shape index (κ3) is 4.80. The van der Waals surface area contributed by atoms with Crippen LogP contribution in [0.1, 0.15) is 38.4 Å². The average molecular weight is 386 g/mol. The van der Waals surface area contributed by atoms with Gasteiger partial charge in [0.2, 0.25) is 7.98 Å². The zero-order valence-corrected chi connectivity index (χ0v) is 18.0. The second-order valence-electron chi connectivity index (χ2n) is 7.33. The van der Waals surface area contributed by atoms with Crippen LogP contribution in [0.3, 0.4) is 0 Å². The smallest absolute Gasteiger partial charge is 0.223 e. The second kappa shape index (κ2) is 9.61. The minimum absolute atomic E-state index is 0.608. The lowest BCUT2D eigenvalue weighted by Gasteiger charge is -2.20. The predicted molar refractivity (Wildman–Crippen MR) is 129 cm³/mol. The van der Waals surface area contributed by atoms with Gasteiger partial charge >= 0.3 is 0 Å². The summed E-state index contributed by atoms with van der Waals surface area (Å²) in [4.78, 5) is 7.26. The van der Waals surface area contributed by atoms with Crippen molar-refractivity contribution in [2.45, 2.75) is 27.2 Å². The minimum atomic E-state index is 0.608. The number of hydrogen-bond acceptors (Lipinski definition) is 3. The third-order valence-corrected chi connectivity index (χ3v) is 5.38. The average Bonchev–Trinajstić information content (AvgIpc) is 3.32. The maximum Gasteiger partial charge on any atom is 0.223 e. The molecule has 1 aromatic carbocycles. The van der Waals surface area contributed by atoms with Crippen molar-refractivity contribution in [1.82, 2.24) is 4.48 Å². The molecular weight excluding hydrogens is 355 g/mol. The number of benzene rings is 1. The van der Waals surface area contributed by atoms with E-state index in [1.54, 1.807) is 0 Å². The monoisotopic (exact) mass is 386 g/mol. The molecule has 4 nitrogen and oxygen atoms in total. The quantitative estimate of drug-likeness (QED) is 0.700. The van der Waals surface area contributed by atoms with Crippen LogP contribution in [-0.4, -0.2) is 37.8 Å².